The molecule has 122 valence electrons. The van der Waals surface area contributed by atoms with E-state index in [2.05, 4.69) is 10.3 Å². The molecule has 24 heavy (non-hydrogen) atoms. The number of nitrogens with one attached hydrogen (secondary N) is 1. The van der Waals surface area contributed by atoms with Gasteiger partial charge in [-0.15, -0.1) is 0 Å². The lowest BCUT2D eigenvalue weighted by Gasteiger charge is -2.22. The van der Waals surface area contributed by atoms with Crippen LogP contribution in [0.15, 0.2) is 48.7 Å². The number of aromatic nitrogens is 1. The quantitative estimate of drug-likeness (QED) is 0.727. The molecule has 2 N–H and O–H groups in total. The van der Waals surface area contributed by atoms with E-state index < -0.39 is 5.60 Å². The second kappa shape index (κ2) is 5.87. The summed E-state index contributed by atoms with van der Waals surface area (Å²) in [6, 6.07) is 13.8. The molecule has 1 amide bonds. The van der Waals surface area contributed by atoms with Crippen molar-refractivity contribution in [3.8, 4) is 0 Å². The number of fused-ring (bicyclic) bond motifs is 3. The topological polar surface area (TPSA) is 62.2 Å². The van der Waals surface area contributed by atoms with E-state index in [9.17, 15) is 9.90 Å². The van der Waals surface area contributed by atoms with Gasteiger partial charge in [-0.05, 0) is 35.7 Å². The number of benzene rings is 2. The van der Waals surface area contributed by atoms with Gasteiger partial charge in [0.15, 0.2) is 0 Å². The fraction of sp³-hybridized carbons (Fsp3) is 0.300. The zero-order valence-corrected chi connectivity index (χ0v) is 13.5. The summed E-state index contributed by atoms with van der Waals surface area (Å²) in [6.07, 6.45) is 5.26. The van der Waals surface area contributed by atoms with Crippen LogP contribution in [0.2, 0.25) is 0 Å². The first kappa shape index (κ1) is 15.1. The van der Waals surface area contributed by atoms with Gasteiger partial charge in [-0.1, -0.05) is 43.2 Å². The third-order valence-corrected chi connectivity index (χ3v) is 4.97. The highest BCUT2D eigenvalue weighted by molar-refractivity contribution is 6.15. The molecular formula is C20H20N2O2. The van der Waals surface area contributed by atoms with E-state index in [0.29, 0.717) is 17.6 Å². The van der Waals surface area contributed by atoms with Crippen molar-refractivity contribution in [3.05, 3.63) is 54.2 Å². The third-order valence-electron chi connectivity index (χ3n) is 4.97. The molecule has 4 heteroatoms. The molecule has 0 radical (unpaired) electrons. The number of hydrogen-bond donors (Lipinski definition) is 2. The van der Waals surface area contributed by atoms with Crippen LogP contribution in [0.5, 0.6) is 0 Å². The van der Waals surface area contributed by atoms with Crippen LogP contribution in [-0.2, 0) is 0 Å². The average molecular weight is 320 g/mol. The highest BCUT2D eigenvalue weighted by Gasteiger charge is 2.31. The Hall–Kier alpha value is -2.46. The SMILES string of the molecule is O=C(NCC1(O)CCCC1)c1cc2ccccc2c2cccnc12. The summed E-state index contributed by atoms with van der Waals surface area (Å²) in [5.41, 5.74) is 0.508. The highest BCUT2D eigenvalue weighted by Crippen LogP contribution is 2.30. The third kappa shape index (κ3) is 2.63. The van der Waals surface area contributed by atoms with Crippen molar-refractivity contribution in [2.75, 3.05) is 6.54 Å². The standard InChI is InChI=1S/C20H20N2O2/c23-19(22-13-20(24)9-3-4-10-20)17-12-14-6-1-2-7-15(14)16-8-5-11-21-18(16)17/h1-2,5-8,11-12,24H,3-4,9-10,13H2,(H,22,23). The van der Waals surface area contributed by atoms with E-state index in [-0.39, 0.29) is 5.91 Å². The summed E-state index contributed by atoms with van der Waals surface area (Å²) < 4.78 is 0. The molecule has 0 atom stereocenters. The Morgan fingerprint density at radius 3 is 2.71 bits per heavy atom. The lowest BCUT2D eigenvalue weighted by atomic mass is 9.99. The molecule has 3 aromatic rings. The first-order valence-corrected chi connectivity index (χ1v) is 8.43. The molecule has 0 unspecified atom stereocenters. The summed E-state index contributed by atoms with van der Waals surface area (Å²) in [5, 5.41) is 16.4. The van der Waals surface area contributed by atoms with Gasteiger partial charge >= 0.3 is 0 Å². The van der Waals surface area contributed by atoms with Crippen LogP contribution < -0.4 is 5.32 Å². The summed E-state index contributed by atoms with van der Waals surface area (Å²) in [5.74, 6) is -0.176. The lowest BCUT2D eigenvalue weighted by molar-refractivity contribution is 0.0450. The monoisotopic (exact) mass is 320 g/mol. The van der Waals surface area contributed by atoms with Gasteiger partial charge in [0.2, 0.25) is 0 Å². The Bertz CT molecular complexity index is 914. The zero-order chi connectivity index (χ0) is 16.6. The number of hydrogen-bond acceptors (Lipinski definition) is 3. The Labute approximate surface area is 140 Å². The molecule has 1 saturated carbocycles. The first-order chi connectivity index (χ1) is 11.7. The van der Waals surface area contributed by atoms with E-state index in [4.69, 9.17) is 0 Å². The number of nitrogens with zero attached hydrogens (tertiary/aromatic N) is 1. The van der Waals surface area contributed by atoms with Crippen molar-refractivity contribution in [1.29, 1.82) is 0 Å². The van der Waals surface area contributed by atoms with Gasteiger partial charge in [0.25, 0.3) is 5.91 Å². The normalized spacial score (nSPS) is 16.5. The molecule has 4 nitrogen and oxygen atoms in total. The van der Waals surface area contributed by atoms with Crippen molar-refractivity contribution >= 4 is 27.6 Å². The molecule has 2 aromatic carbocycles. The zero-order valence-electron chi connectivity index (χ0n) is 13.5. The summed E-state index contributed by atoms with van der Waals surface area (Å²) >= 11 is 0. The van der Waals surface area contributed by atoms with Gasteiger partial charge in [0.1, 0.15) is 0 Å². The Balaban J connectivity index is 1.73. The summed E-state index contributed by atoms with van der Waals surface area (Å²) in [6.45, 7) is 0.299. The van der Waals surface area contributed by atoms with Gasteiger partial charge in [0.05, 0.1) is 16.7 Å². The molecule has 1 heterocycles. The van der Waals surface area contributed by atoms with Crippen LogP contribution in [0.4, 0.5) is 0 Å². The van der Waals surface area contributed by atoms with Gasteiger partial charge in [-0.2, -0.15) is 0 Å². The number of pyridine rings is 1. The predicted octanol–water partition coefficient (Wildman–Crippen LogP) is 3.42. The van der Waals surface area contributed by atoms with Gasteiger partial charge in [-0.25, -0.2) is 0 Å². The van der Waals surface area contributed by atoms with Crippen molar-refractivity contribution in [1.82, 2.24) is 10.3 Å². The molecular weight excluding hydrogens is 300 g/mol. The predicted molar refractivity (Wildman–Crippen MR) is 95.0 cm³/mol. The minimum absolute atomic E-state index is 0.176. The fourth-order valence-corrected chi connectivity index (χ4v) is 3.65. The van der Waals surface area contributed by atoms with E-state index in [1.54, 1.807) is 6.20 Å². The maximum absolute atomic E-state index is 12.7. The van der Waals surface area contributed by atoms with E-state index in [1.807, 2.05) is 42.5 Å². The molecule has 1 fully saturated rings. The molecule has 0 bridgehead atoms. The van der Waals surface area contributed by atoms with Gasteiger partial charge < -0.3 is 10.4 Å². The molecule has 1 aromatic heterocycles. The van der Waals surface area contributed by atoms with E-state index in [1.165, 1.54) is 0 Å². The van der Waals surface area contributed by atoms with Crippen LogP contribution in [0, 0.1) is 0 Å². The van der Waals surface area contributed by atoms with Gasteiger partial charge in [0, 0.05) is 18.1 Å². The fourth-order valence-electron chi connectivity index (χ4n) is 3.65. The maximum Gasteiger partial charge on any atom is 0.253 e. The number of carbonyl (C=O) groups excluding carboxylic acids is 1. The van der Waals surface area contributed by atoms with Crippen molar-refractivity contribution in [2.24, 2.45) is 0 Å². The molecule has 0 spiro atoms. The second-order valence-corrected chi connectivity index (χ2v) is 6.66. The summed E-state index contributed by atoms with van der Waals surface area (Å²) in [4.78, 5) is 17.2. The number of carbonyl (C=O) groups is 1. The lowest BCUT2D eigenvalue weighted by Crippen LogP contribution is -2.40. The van der Waals surface area contributed by atoms with Crippen LogP contribution >= 0.6 is 0 Å². The molecule has 4 rings (SSSR count). The summed E-state index contributed by atoms with van der Waals surface area (Å²) in [7, 11) is 0. The molecule has 0 aliphatic heterocycles. The van der Waals surface area contributed by atoms with Crippen molar-refractivity contribution in [3.63, 3.8) is 0 Å². The smallest absolute Gasteiger partial charge is 0.253 e. The number of amides is 1. The molecule has 0 saturated heterocycles. The average Bonchev–Trinajstić information content (AvgIpc) is 3.06. The Morgan fingerprint density at radius 1 is 1.12 bits per heavy atom. The van der Waals surface area contributed by atoms with Crippen LogP contribution in [0.1, 0.15) is 36.0 Å². The Morgan fingerprint density at radius 2 is 1.88 bits per heavy atom. The van der Waals surface area contributed by atoms with Crippen LogP contribution in [-0.4, -0.2) is 28.1 Å². The van der Waals surface area contributed by atoms with E-state index in [0.717, 1.165) is 41.8 Å². The van der Waals surface area contributed by atoms with Crippen molar-refractivity contribution in [2.45, 2.75) is 31.3 Å². The minimum Gasteiger partial charge on any atom is -0.388 e. The maximum atomic E-state index is 12.7. The molecule has 1 aliphatic rings. The van der Waals surface area contributed by atoms with E-state index >= 15 is 0 Å². The second-order valence-electron chi connectivity index (χ2n) is 6.66. The number of aliphatic hydroxyl groups is 1. The van der Waals surface area contributed by atoms with Gasteiger partial charge in [-0.3, -0.25) is 9.78 Å². The van der Waals surface area contributed by atoms with Crippen molar-refractivity contribution < 1.29 is 9.90 Å². The van der Waals surface area contributed by atoms with Crippen LogP contribution in [0.3, 0.4) is 0 Å². The van der Waals surface area contributed by atoms with Crippen LogP contribution in [0.25, 0.3) is 21.7 Å². The molecule has 1 aliphatic carbocycles. The number of rotatable bonds is 3. The minimum atomic E-state index is -0.754. The highest BCUT2D eigenvalue weighted by atomic mass is 16.3. The first-order valence-electron chi connectivity index (χ1n) is 8.43. The largest absolute Gasteiger partial charge is 0.388 e. The Kier molecular flexibility index (Phi) is 3.69.